The highest BCUT2D eigenvalue weighted by Gasteiger charge is 2.14. The molecule has 5 heteroatoms. The summed E-state index contributed by atoms with van der Waals surface area (Å²) in [4.78, 5) is 11.7. The third kappa shape index (κ3) is 6.12. The van der Waals surface area contributed by atoms with E-state index < -0.39 is 0 Å². The largest absolute Gasteiger partial charge is 0.335 e. The maximum absolute atomic E-state index is 11.7. The Morgan fingerprint density at radius 2 is 1.90 bits per heavy atom. The molecule has 21 heavy (non-hydrogen) atoms. The molecule has 0 saturated heterocycles. The lowest BCUT2D eigenvalue weighted by molar-refractivity contribution is 0.233. The van der Waals surface area contributed by atoms with Crippen LogP contribution in [0.4, 0.5) is 4.79 Å². The number of amides is 2. The number of halogens is 1. The lowest BCUT2D eigenvalue weighted by atomic mass is 9.96. The molecule has 1 saturated carbocycles. The molecule has 0 spiro atoms. The molecule has 2 N–H and O–H groups in total. The summed E-state index contributed by atoms with van der Waals surface area (Å²) < 4.78 is 0.798. The lowest BCUT2D eigenvalue weighted by Gasteiger charge is -2.22. The Morgan fingerprint density at radius 3 is 2.62 bits per heavy atom. The van der Waals surface area contributed by atoms with E-state index in [4.69, 9.17) is 0 Å². The second kappa shape index (κ2) is 8.62. The van der Waals surface area contributed by atoms with Crippen LogP contribution in [0.5, 0.6) is 0 Å². The lowest BCUT2D eigenvalue weighted by Crippen LogP contribution is -2.41. The summed E-state index contributed by atoms with van der Waals surface area (Å²) in [5, 5.41) is 6.87. The smallest absolute Gasteiger partial charge is 0.334 e. The van der Waals surface area contributed by atoms with Crippen molar-refractivity contribution in [3.8, 4) is 0 Å². The zero-order valence-corrected chi connectivity index (χ0v) is 13.5. The Bertz CT molecular complexity index is 508. The molecule has 2 rings (SSSR count). The second-order valence-corrected chi connectivity index (χ2v) is 6.03. The fourth-order valence-electron chi connectivity index (χ4n) is 2.36. The molecule has 0 heterocycles. The molecule has 0 unspecified atom stereocenters. The standard InChI is InChI=1S/C16H20BrN3O/c17-14(11-13-7-3-1-4-8-13)12-18-20-16(21)19-15-9-5-2-6-10-15/h1,3-4,7-8,11-12,15H,2,5-6,9-10H2,(H2,19,20,21)/b14-11-,18-12?. The van der Waals surface area contributed by atoms with E-state index in [1.54, 1.807) is 6.21 Å². The average Bonchev–Trinajstić information content (AvgIpc) is 2.49. The Balaban J connectivity index is 1.76. The van der Waals surface area contributed by atoms with Crippen molar-refractivity contribution in [2.24, 2.45) is 5.10 Å². The normalized spacial score (nSPS) is 16.9. The Hall–Kier alpha value is -1.62. The number of rotatable bonds is 4. The van der Waals surface area contributed by atoms with Crippen LogP contribution in [0.3, 0.4) is 0 Å². The molecule has 4 nitrogen and oxygen atoms in total. The van der Waals surface area contributed by atoms with Gasteiger partial charge in [-0.2, -0.15) is 5.10 Å². The van der Waals surface area contributed by atoms with Crippen molar-refractivity contribution >= 4 is 34.3 Å². The summed E-state index contributed by atoms with van der Waals surface area (Å²) in [6, 6.07) is 9.96. The van der Waals surface area contributed by atoms with Crippen molar-refractivity contribution in [3.05, 3.63) is 40.4 Å². The highest BCUT2D eigenvalue weighted by molar-refractivity contribution is 9.12. The molecule has 0 aliphatic heterocycles. The van der Waals surface area contributed by atoms with Gasteiger partial charge in [0.05, 0.1) is 6.21 Å². The third-order valence-electron chi connectivity index (χ3n) is 3.40. The predicted molar refractivity (Wildman–Crippen MR) is 90.4 cm³/mol. The van der Waals surface area contributed by atoms with Crippen molar-refractivity contribution in [3.63, 3.8) is 0 Å². The van der Waals surface area contributed by atoms with E-state index in [1.807, 2.05) is 36.4 Å². The first kappa shape index (κ1) is 15.8. The van der Waals surface area contributed by atoms with Gasteiger partial charge in [-0.3, -0.25) is 0 Å². The number of benzene rings is 1. The Morgan fingerprint density at radius 1 is 1.19 bits per heavy atom. The fraction of sp³-hybridized carbons (Fsp3) is 0.375. The SMILES string of the molecule is O=C(NN=C/C(Br)=C/c1ccccc1)NC1CCCCC1. The van der Waals surface area contributed by atoms with E-state index in [1.165, 1.54) is 19.3 Å². The van der Waals surface area contributed by atoms with Crippen molar-refractivity contribution in [1.29, 1.82) is 0 Å². The first-order chi connectivity index (χ1) is 10.2. The highest BCUT2D eigenvalue weighted by atomic mass is 79.9. The van der Waals surface area contributed by atoms with E-state index >= 15 is 0 Å². The number of carbonyl (C=O) groups excluding carboxylic acids is 1. The third-order valence-corrected chi connectivity index (χ3v) is 3.83. The van der Waals surface area contributed by atoms with Gasteiger partial charge in [-0.15, -0.1) is 0 Å². The zero-order valence-electron chi connectivity index (χ0n) is 11.9. The van der Waals surface area contributed by atoms with Crippen LogP contribution in [0.1, 0.15) is 37.7 Å². The number of allylic oxidation sites excluding steroid dienone is 1. The molecule has 0 radical (unpaired) electrons. The summed E-state index contributed by atoms with van der Waals surface area (Å²) in [5.74, 6) is 0. The van der Waals surface area contributed by atoms with Gasteiger partial charge in [-0.1, -0.05) is 49.6 Å². The molecule has 1 aromatic carbocycles. The number of urea groups is 1. The monoisotopic (exact) mass is 349 g/mol. The molecule has 2 amide bonds. The fourth-order valence-corrected chi connectivity index (χ4v) is 2.73. The average molecular weight is 350 g/mol. The molecule has 0 bridgehead atoms. The van der Waals surface area contributed by atoms with Gasteiger partial charge in [0.2, 0.25) is 0 Å². The molecule has 1 fully saturated rings. The van der Waals surface area contributed by atoms with Gasteiger partial charge in [0, 0.05) is 10.5 Å². The van der Waals surface area contributed by atoms with Gasteiger partial charge in [0.15, 0.2) is 0 Å². The van der Waals surface area contributed by atoms with E-state index in [9.17, 15) is 4.79 Å². The summed E-state index contributed by atoms with van der Waals surface area (Å²) in [5.41, 5.74) is 3.57. The number of hydrazone groups is 1. The predicted octanol–water partition coefficient (Wildman–Crippen LogP) is 4.04. The van der Waals surface area contributed by atoms with Gasteiger partial charge >= 0.3 is 6.03 Å². The number of nitrogens with zero attached hydrogens (tertiary/aromatic N) is 1. The van der Waals surface area contributed by atoms with Gasteiger partial charge in [-0.25, -0.2) is 10.2 Å². The molecule has 1 aromatic rings. The molecule has 0 atom stereocenters. The van der Waals surface area contributed by atoms with Crippen LogP contribution in [0.2, 0.25) is 0 Å². The molecule has 0 aromatic heterocycles. The van der Waals surface area contributed by atoms with Gasteiger partial charge in [0.25, 0.3) is 0 Å². The minimum atomic E-state index is -0.238. The van der Waals surface area contributed by atoms with Crippen LogP contribution in [-0.2, 0) is 0 Å². The molecular formula is C16H20BrN3O. The molecule has 1 aliphatic rings. The van der Waals surface area contributed by atoms with Crippen LogP contribution in [0.25, 0.3) is 6.08 Å². The summed E-state index contributed by atoms with van der Waals surface area (Å²) in [6.45, 7) is 0. The van der Waals surface area contributed by atoms with Crippen LogP contribution in [-0.4, -0.2) is 18.3 Å². The van der Waals surface area contributed by atoms with Crippen LogP contribution >= 0.6 is 15.9 Å². The van der Waals surface area contributed by atoms with Crippen molar-refractivity contribution in [1.82, 2.24) is 10.7 Å². The number of carbonyl (C=O) groups is 1. The van der Waals surface area contributed by atoms with Gasteiger partial charge < -0.3 is 5.32 Å². The number of hydrogen-bond donors (Lipinski definition) is 2. The first-order valence-corrected chi connectivity index (χ1v) is 8.05. The quantitative estimate of drug-likeness (QED) is 0.625. The van der Waals surface area contributed by atoms with Crippen LogP contribution in [0.15, 0.2) is 39.9 Å². The van der Waals surface area contributed by atoms with E-state index in [-0.39, 0.29) is 12.1 Å². The summed E-state index contributed by atoms with van der Waals surface area (Å²) in [7, 11) is 0. The number of hydrogen-bond acceptors (Lipinski definition) is 2. The minimum absolute atomic E-state index is 0.238. The second-order valence-electron chi connectivity index (χ2n) is 5.12. The molecule has 112 valence electrons. The first-order valence-electron chi connectivity index (χ1n) is 7.26. The van der Waals surface area contributed by atoms with E-state index in [0.29, 0.717) is 0 Å². The maximum atomic E-state index is 11.7. The highest BCUT2D eigenvalue weighted by Crippen LogP contribution is 2.17. The van der Waals surface area contributed by atoms with Crippen molar-refractivity contribution < 1.29 is 4.79 Å². The van der Waals surface area contributed by atoms with E-state index in [2.05, 4.69) is 31.8 Å². The van der Waals surface area contributed by atoms with Gasteiger partial charge in [0.1, 0.15) is 0 Å². The zero-order chi connectivity index (χ0) is 14.9. The topological polar surface area (TPSA) is 53.5 Å². The summed E-state index contributed by atoms with van der Waals surface area (Å²) in [6.07, 6.45) is 9.30. The van der Waals surface area contributed by atoms with Crippen LogP contribution in [0, 0.1) is 0 Å². The summed E-state index contributed by atoms with van der Waals surface area (Å²) >= 11 is 3.40. The van der Waals surface area contributed by atoms with Crippen molar-refractivity contribution in [2.75, 3.05) is 0 Å². The van der Waals surface area contributed by atoms with Gasteiger partial charge in [-0.05, 0) is 40.4 Å². The molecule has 1 aliphatic carbocycles. The maximum Gasteiger partial charge on any atom is 0.335 e. The Kier molecular flexibility index (Phi) is 6.47. The Labute approximate surface area is 133 Å². The number of nitrogens with one attached hydrogen (secondary N) is 2. The van der Waals surface area contributed by atoms with Crippen molar-refractivity contribution in [2.45, 2.75) is 38.1 Å². The van der Waals surface area contributed by atoms with E-state index in [0.717, 1.165) is 22.9 Å². The minimum Gasteiger partial charge on any atom is -0.334 e. The molecular weight excluding hydrogens is 330 g/mol. The van der Waals surface area contributed by atoms with Crippen LogP contribution < -0.4 is 10.7 Å².